The van der Waals surface area contributed by atoms with Crippen molar-refractivity contribution in [3.8, 4) is 22.6 Å². The topological polar surface area (TPSA) is 61.8 Å². The van der Waals surface area contributed by atoms with Gasteiger partial charge < -0.3 is 14.2 Å². The molecule has 0 unspecified atom stereocenters. The van der Waals surface area contributed by atoms with Gasteiger partial charge in [0.1, 0.15) is 17.3 Å². The highest BCUT2D eigenvalue weighted by molar-refractivity contribution is 5.83. The maximum absolute atomic E-state index is 14.3. The minimum Gasteiger partial charge on any atom is -0.494 e. The fraction of sp³-hybridized carbons (Fsp3) is 0.182. The van der Waals surface area contributed by atoms with E-state index >= 15 is 0 Å². The lowest BCUT2D eigenvalue weighted by molar-refractivity contribution is -0.137. The Morgan fingerprint density at radius 1 is 0.893 bits per heavy atom. The first-order valence-electron chi connectivity index (χ1n) is 8.69. The first-order valence-corrected chi connectivity index (χ1v) is 8.69. The molecule has 0 bridgehead atoms. The van der Waals surface area contributed by atoms with Gasteiger partial charge in [-0.3, -0.25) is 0 Å². The Kier molecular flexibility index (Phi) is 7.96. The van der Waals surface area contributed by atoms with Crippen molar-refractivity contribution in [2.24, 2.45) is 0 Å². The Hall–Kier alpha value is -3.41. The highest BCUT2D eigenvalue weighted by Crippen LogP contribution is 2.28. The lowest BCUT2D eigenvalue weighted by Gasteiger charge is -2.09. The second-order valence-corrected chi connectivity index (χ2v) is 5.72. The van der Waals surface area contributed by atoms with Crippen LogP contribution in [-0.4, -0.2) is 25.2 Å². The van der Waals surface area contributed by atoms with Crippen LogP contribution in [0.25, 0.3) is 11.1 Å². The summed E-state index contributed by atoms with van der Waals surface area (Å²) in [5.74, 6) is -0.811. The second-order valence-electron chi connectivity index (χ2n) is 5.72. The molecule has 5 nitrogen and oxygen atoms in total. The summed E-state index contributed by atoms with van der Waals surface area (Å²) in [6.07, 6.45) is 3.55. The van der Waals surface area contributed by atoms with Crippen molar-refractivity contribution >= 4 is 11.9 Å². The molecule has 0 radical (unpaired) electrons. The Balaban J connectivity index is 1.86. The molecule has 0 aliphatic heterocycles. The van der Waals surface area contributed by atoms with E-state index in [-0.39, 0.29) is 5.75 Å². The van der Waals surface area contributed by atoms with Crippen LogP contribution in [0.15, 0.2) is 67.8 Å². The summed E-state index contributed by atoms with van der Waals surface area (Å²) in [6.45, 7) is 7.42. The molecule has 0 spiro atoms. The van der Waals surface area contributed by atoms with E-state index in [1.165, 1.54) is 6.07 Å². The molecule has 0 aromatic heterocycles. The van der Waals surface area contributed by atoms with Gasteiger partial charge in [-0.25, -0.2) is 14.0 Å². The zero-order valence-corrected chi connectivity index (χ0v) is 15.4. The van der Waals surface area contributed by atoms with Gasteiger partial charge in [0.2, 0.25) is 0 Å². The highest BCUT2D eigenvalue weighted by Gasteiger charge is 2.09. The minimum absolute atomic E-state index is 0.116. The van der Waals surface area contributed by atoms with Gasteiger partial charge in [-0.15, -0.1) is 0 Å². The Bertz CT molecular complexity index is 843. The normalized spacial score (nSPS) is 10.0. The molecule has 2 rings (SSSR count). The SMILES string of the molecule is C=CC(=O)OCCCCOc1ccc(-c2ccc(OC(=O)C=C)cc2F)cc1. The molecule has 2 aromatic rings. The van der Waals surface area contributed by atoms with Crippen molar-refractivity contribution in [1.29, 1.82) is 0 Å². The van der Waals surface area contributed by atoms with Crippen LogP contribution in [0, 0.1) is 5.82 Å². The largest absolute Gasteiger partial charge is 0.494 e. The third kappa shape index (κ3) is 6.39. The van der Waals surface area contributed by atoms with E-state index < -0.39 is 17.8 Å². The van der Waals surface area contributed by atoms with Gasteiger partial charge in [0, 0.05) is 23.8 Å². The monoisotopic (exact) mass is 384 g/mol. The molecule has 0 aliphatic rings. The molecule has 0 heterocycles. The maximum atomic E-state index is 14.3. The van der Waals surface area contributed by atoms with Gasteiger partial charge in [0.25, 0.3) is 0 Å². The predicted octanol–water partition coefficient (Wildman–Crippen LogP) is 4.47. The maximum Gasteiger partial charge on any atom is 0.335 e. The standard InChI is InChI=1S/C22H21FO5/c1-3-21(24)27-14-6-5-13-26-17-9-7-16(8-10-17)19-12-11-18(15-20(19)23)28-22(25)4-2/h3-4,7-12,15H,1-2,5-6,13-14H2. The number of rotatable bonds is 10. The molecule has 0 aliphatic carbocycles. The third-order valence-electron chi connectivity index (χ3n) is 3.71. The van der Waals surface area contributed by atoms with Crippen LogP contribution in [0.5, 0.6) is 11.5 Å². The van der Waals surface area contributed by atoms with Crippen molar-refractivity contribution in [2.45, 2.75) is 12.8 Å². The lowest BCUT2D eigenvalue weighted by atomic mass is 10.0. The molecule has 0 amide bonds. The number of carbonyl (C=O) groups excluding carboxylic acids is 2. The number of esters is 2. The van der Waals surface area contributed by atoms with E-state index in [1.807, 2.05) is 0 Å². The number of benzene rings is 2. The van der Waals surface area contributed by atoms with Gasteiger partial charge >= 0.3 is 11.9 Å². The van der Waals surface area contributed by atoms with E-state index in [4.69, 9.17) is 14.2 Å². The zero-order chi connectivity index (χ0) is 20.4. The van der Waals surface area contributed by atoms with Crippen molar-refractivity contribution in [3.05, 3.63) is 73.6 Å². The number of unbranched alkanes of at least 4 members (excludes halogenated alkanes) is 1. The Labute approximate surface area is 163 Å². The highest BCUT2D eigenvalue weighted by atomic mass is 19.1. The first kappa shape index (κ1) is 20.9. The van der Waals surface area contributed by atoms with Crippen molar-refractivity contribution < 1.29 is 28.2 Å². The number of ether oxygens (including phenoxy) is 3. The fourth-order valence-corrected chi connectivity index (χ4v) is 2.31. The molecule has 6 heteroatoms. The summed E-state index contributed by atoms with van der Waals surface area (Å²) in [4.78, 5) is 22.1. The molecule has 0 fully saturated rings. The Morgan fingerprint density at radius 3 is 2.18 bits per heavy atom. The summed E-state index contributed by atoms with van der Waals surface area (Å²) in [5, 5.41) is 0. The predicted molar refractivity (Wildman–Crippen MR) is 104 cm³/mol. The average molecular weight is 384 g/mol. The van der Waals surface area contributed by atoms with Crippen molar-refractivity contribution in [2.75, 3.05) is 13.2 Å². The second kappa shape index (κ2) is 10.7. The summed E-state index contributed by atoms with van der Waals surface area (Å²) < 4.78 is 29.7. The fourth-order valence-electron chi connectivity index (χ4n) is 2.31. The molecule has 146 valence electrons. The first-order chi connectivity index (χ1) is 13.5. The van der Waals surface area contributed by atoms with Crippen LogP contribution in [0.1, 0.15) is 12.8 Å². The third-order valence-corrected chi connectivity index (χ3v) is 3.71. The average Bonchev–Trinajstić information content (AvgIpc) is 2.71. The van der Waals surface area contributed by atoms with Crippen molar-refractivity contribution in [3.63, 3.8) is 0 Å². The van der Waals surface area contributed by atoms with E-state index in [0.29, 0.717) is 36.5 Å². The van der Waals surface area contributed by atoms with Crippen LogP contribution in [0.4, 0.5) is 4.39 Å². The van der Waals surface area contributed by atoms with Gasteiger partial charge in [-0.1, -0.05) is 25.3 Å². The molecular formula is C22H21FO5. The summed E-state index contributed by atoms with van der Waals surface area (Å²) >= 11 is 0. The van der Waals surface area contributed by atoms with Crippen LogP contribution in [0.3, 0.4) is 0 Å². The Morgan fingerprint density at radius 2 is 1.54 bits per heavy atom. The minimum atomic E-state index is -0.646. The van der Waals surface area contributed by atoms with Gasteiger partial charge in [-0.05, 0) is 42.7 Å². The van der Waals surface area contributed by atoms with Crippen molar-refractivity contribution in [1.82, 2.24) is 0 Å². The van der Waals surface area contributed by atoms with Crippen LogP contribution >= 0.6 is 0 Å². The molecule has 0 N–H and O–H groups in total. The summed E-state index contributed by atoms with van der Waals surface area (Å²) in [7, 11) is 0. The molecule has 0 saturated heterocycles. The quantitative estimate of drug-likeness (QED) is 0.262. The molecular weight excluding hydrogens is 363 g/mol. The molecule has 0 saturated carbocycles. The van der Waals surface area contributed by atoms with E-state index in [1.54, 1.807) is 30.3 Å². The van der Waals surface area contributed by atoms with Crippen LogP contribution < -0.4 is 9.47 Å². The number of carbonyl (C=O) groups is 2. The van der Waals surface area contributed by atoms with Crippen LogP contribution in [0.2, 0.25) is 0 Å². The summed E-state index contributed by atoms with van der Waals surface area (Å²) in [6, 6.07) is 11.2. The van der Waals surface area contributed by atoms with E-state index in [9.17, 15) is 14.0 Å². The smallest absolute Gasteiger partial charge is 0.335 e. The lowest BCUT2D eigenvalue weighted by Crippen LogP contribution is -2.04. The number of halogens is 1. The molecule has 2 aromatic carbocycles. The zero-order valence-electron chi connectivity index (χ0n) is 15.4. The number of hydrogen-bond acceptors (Lipinski definition) is 5. The van der Waals surface area contributed by atoms with E-state index in [2.05, 4.69) is 13.2 Å². The van der Waals surface area contributed by atoms with Gasteiger partial charge in [0.05, 0.1) is 13.2 Å². The summed E-state index contributed by atoms with van der Waals surface area (Å²) in [5.41, 5.74) is 1.05. The molecule has 28 heavy (non-hydrogen) atoms. The van der Waals surface area contributed by atoms with Crippen LogP contribution in [-0.2, 0) is 14.3 Å². The van der Waals surface area contributed by atoms with Gasteiger partial charge in [0.15, 0.2) is 0 Å². The number of hydrogen-bond donors (Lipinski definition) is 0. The van der Waals surface area contributed by atoms with Gasteiger partial charge in [-0.2, -0.15) is 0 Å². The molecule has 0 atom stereocenters. The van der Waals surface area contributed by atoms with E-state index in [0.717, 1.165) is 24.6 Å².